The fraction of sp³-hybridized carbons (Fsp3) is 0.778. The largest absolute Gasteiger partial charge is 0.435 e. The van der Waals surface area contributed by atoms with Crippen LogP contribution < -0.4 is 5.32 Å². The van der Waals surface area contributed by atoms with Crippen LogP contribution in [0.2, 0.25) is 0 Å². The quantitative estimate of drug-likeness (QED) is 0.811. The van der Waals surface area contributed by atoms with Gasteiger partial charge in [-0.1, -0.05) is 0 Å². The molecule has 0 radical (unpaired) electrons. The highest BCUT2D eigenvalue weighted by Gasteiger charge is 2.42. The van der Waals surface area contributed by atoms with E-state index in [0.29, 0.717) is 12.6 Å². The van der Waals surface area contributed by atoms with E-state index in [1.165, 1.54) is 18.7 Å². The predicted octanol–water partition coefficient (Wildman–Crippen LogP) is 3.02. The summed E-state index contributed by atoms with van der Waals surface area (Å²) in [6.07, 6.45) is -3.07. The standard InChI is InChI=1S/C18H29F3N4O2/c1-11(2)24-8-6-7-14(9-24)25-13(4)15(16(23-25)18(19,20)21)17(26)22-12(3)10-27-5/h11-12,14H,6-10H2,1-5H3,(H,22,26). The number of nitrogens with zero attached hydrogens (tertiary/aromatic N) is 3. The second kappa shape index (κ2) is 8.60. The van der Waals surface area contributed by atoms with Crippen LogP contribution in [-0.4, -0.2) is 59.5 Å². The summed E-state index contributed by atoms with van der Waals surface area (Å²) in [7, 11) is 1.47. The van der Waals surface area contributed by atoms with Gasteiger partial charge in [-0.05, 0) is 47.1 Å². The Balaban J connectivity index is 2.38. The van der Waals surface area contributed by atoms with Crippen LogP contribution in [0, 0.1) is 6.92 Å². The zero-order valence-electron chi connectivity index (χ0n) is 16.6. The molecule has 154 valence electrons. The van der Waals surface area contributed by atoms with Gasteiger partial charge in [0.15, 0.2) is 5.69 Å². The smallest absolute Gasteiger partial charge is 0.383 e. The van der Waals surface area contributed by atoms with Gasteiger partial charge in [-0.3, -0.25) is 14.4 Å². The van der Waals surface area contributed by atoms with Crippen LogP contribution in [0.15, 0.2) is 0 Å². The molecule has 1 aliphatic heterocycles. The molecule has 27 heavy (non-hydrogen) atoms. The van der Waals surface area contributed by atoms with Crippen molar-refractivity contribution in [3.05, 3.63) is 17.0 Å². The van der Waals surface area contributed by atoms with E-state index in [1.807, 2.05) is 0 Å². The topological polar surface area (TPSA) is 59.4 Å². The Labute approximate surface area is 158 Å². The normalized spacial score (nSPS) is 20.1. The van der Waals surface area contributed by atoms with E-state index in [0.717, 1.165) is 19.4 Å². The molecule has 1 saturated heterocycles. The van der Waals surface area contributed by atoms with Crippen molar-refractivity contribution in [3.8, 4) is 0 Å². The Morgan fingerprint density at radius 3 is 2.59 bits per heavy atom. The van der Waals surface area contributed by atoms with E-state index in [1.54, 1.807) is 6.92 Å². The number of methoxy groups -OCH3 is 1. The van der Waals surface area contributed by atoms with Crippen molar-refractivity contribution < 1.29 is 22.7 Å². The van der Waals surface area contributed by atoms with E-state index >= 15 is 0 Å². The van der Waals surface area contributed by atoms with Crippen molar-refractivity contribution in [3.63, 3.8) is 0 Å². The van der Waals surface area contributed by atoms with E-state index in [2.05, 4.69) is 29.2 Å². The first kappa shape index (κ1) is 21.7. The number of rotatable bonds is 6. The highest BCUT2D eigenvalue weighted by Crippen LogP contribution is 2.35. The Bertz CT molecular complexity index is 658. The van der Waals surface area contributed by atoms with E-state index < -0.39 is 29.4 Å². The van der Waals surface area contributed by atoms with Gasteiger partial charge in [-0.15, -0.1) is 0 Å². The molecule has 2 unspecified atom stereocenters. The lowest BCUT2D eigenvalue weighted by Gasteiger charge is -2.35. The predicted molar refractivity (Wildman–Crippen MR) is 95.8 cm³/mol. The van der Waals surface area contributed by atoms with Crippen molar-refractivity contribution in [1.29, 1.82) is 0 Å². The van der Waals surface area contributed by atoms with Crippen LogP contribution in [0.1, 0.15) is 61.4 Å². The first-order chi connectivity index (χ1) is 12.6. The van der Waals surface area contributed by atoms with Gasteiger partial charge in [0, 0.05) is 31.4 Å². The number of ether oxygens (including phenoxy) is 1. The Morgan fingerprint density at radius 1 is 1.37 bits per heavy atom. The SMILES string of the molecule is COCC(C)NC(=O)c1c(C(F)(F)F)nn(C2CCCN(C(C)C)C2)c1C. The molecule has 1 amide bonds. The summed E-state index contributed by atoms with van der Waals surface area (Å²) >= 11 is 0. The summed E-state index contributed by atoms with van der Waals surface area (Å²) in [6.45, 7) is 9.10. The second-order valence-corrected chi connectivity index (χ2v) is 7.47. The van der Waals surface area contributed by atoms with Crippen molar-refractivity contribution in [2.24, 2.45) is 0 Å². The van der Waals surface area contributed by atoms with Crippen LogP contribution >= 0.6 is 0 Å². The molecule has 0 saturated carbocycles. The van der Waals surface area contributed by atoms with Gasteiger partial charge >= 0.3 is 6.18 Å². The summed E-state index contributed by atoms with van der Waals surface area (Å²) in [5.41, 5.74) is -1.27. The average Bonchev–Trinajstić information content (AvgIpc) is 2.92. The maximum Gasteiger partial charge on any atom is 0.435 e. The zero-order chi connectivity index (χ0) is 20.4. The molecule has 0 aromatic carbocycles. The van der Waals surface area contributed by atoms with Gasteiger partial charge in [-0.25, -0.2) is 0 Å². The number of carbonyl (C=O) groups excluding carboxylic acids is 1. The fourth-order valence-electron chi connectivity index (χ4n) is 3.58. The number of hydrogen-bond donors (Lipinski definition) is 1. The summed E-state index contributed by atoms with van der Waals surface area (Å²) in [4.78, 5) is 14.8. The highest BCUT2D eigenvalue weighted by molar-refractivity contribution is 5.96. The molecule has 1 fully saturated rings. The molecule has 2 atom stereocenters. The third kappa shape index (κ3) is 5.01. The minimum Gasteiger partial charge on any atom is -0.383 e. The number of alkyl halides is 3. The molecular formula is C18H29F3N4O2. The lowest BCUT2D eigenvalue weighted by molar-refractivity contribution is -0.142. The maximum atomic E-state index is 13.6. The third-order valence-electron chi connectivity index (χ3n) is 4.94. The zero-order valence-corrected chi connectivity index (χ0v) is 16.6. The number of hydrogen-bond acceptors (Lipinski definition) is 4. The van der Waals surface area contributed by atoms with E-state index in [9.17, 15) is 18.0 Å². The Hall–Kier alpha value is -1.61. The highest BCUT2D eigenvalue weighted by atomic mass is 19.4. The van der Waals surface area contributed by atoms with Gasteiger partial charge in [0.1, 0.15) is 0 Å². The molecule has 9 heteroatoms. The van der Waals surface area contributed by atoms with Gasteiger partial charge < -0.3 is 10.1 Å². The van der Waals surface area contributed by atoms with Crippen LogP contribution in [0.3, 0.4) is 0 Å². The van der Waals surface area contributed by atoms with Gasteiger partial charge in [0.05, 0.1) is 18.2 Å². The number of halogens is 3. The Kier molecular flexibility index (Phi) is 6.91. The first-order valence-corrected chi connectivity index (χ1v) is 9.26. The molecule has 1 N–H and O–H groups in total. The van der Waals surface area contributed by atoms with Crippen molar-refractivity contribution in [2.75, 3.05) is 26.8 Å². The van der Waals surface area contributed by atoms with E-state index in [4.69, 9.17) is 4.74 Å². The summed E-state index contributed by atoms with van der Waals surface area (Å²) < 4.78 is 47.0. The molecule has 2 heterocycles. The molecule has 2 rings (SSSR count). The van der Waals surface area contributed by atoms with Crippen molar-refractivity contribution >= 4 is 5.91 Å². The van der Waals surface area contributed by atoms with Gasteiger partial charge in [-0.2, -0.15) is 18.3 Å². The minimum absolute atomic E-state index is 0.180. The van der Waals surface area contributed by atoms with Crippen LogP contribution in [0.5, 0.6) is 0 Å². The molecule has 1 aliphatic rings. The third-order valence-corrected chi connectivity index (χ3v) is 4.94. The van der Waals surface area contributed by atoms with Crippen LogP contribution in [0.4, 0.5) is 13.2 Å². The molecular weight excluding hydrogens is 361 g/mol. The van der Waals surface area contributed by atoms with Crippen LogP contribution in [-0.2, 0) is 10.9 Å². The fourth-order valence-corrected chi connectivity index (χ4v) is 3.58. The number of likely N-dealkylation sites (tertiary alicyclic amines) is 1. The lowest BCUT2D eigenvalue weighted by Crippen LogP contribution is -2.41. The first-order valence-electron chi connectivity index (χ1n) is 9.26. The van der Waals surface area contributed by atoms with E-state index in [-0.39, 0.29) is 18.3 Å². The summed E-state index contributed by atoms with van der Waals surface area (Å²) in [6, 6.07) is -0.277. The summed E-state index contributed by atoms with van der Waals surface area (Å²) in [5.74, 6) is -0.771. The molecule has 0 bridgehead atoms. The molecule has 6 nitrogen and oxygen atoms in total. The van der Waals surface area contributed by atoms with Gasteiger partial charge in [0.2, 0.25) is 0 Å². The summed E-state index contributed by atoms with van der Waals surface area (Å²) in [5, 5.41) is 6.41. The number of piperidine rings is 1. The molecule has 0 spiro atoms. The van der Waals surface area contributed by atoms with Gasteiger partial charge in [0.25, 0.3) is 5.91 Å². The average molecular weight is 390 g/mol. The van der Waals surface area contributed by atoms with Crippen molar-refractivity contribution in [1.82, 2.24) is 20.0 Å². The van der Waals surface area contributed by atoms with Crippen molar-refractivity contribution in [2.45, 2.75) is 64.8 Å². The number of amides is 1. The number of aromatic nitrogens is 2. The minimum atomic E-state index is -4.69. The number of carbonyl (C=O) groups is 1. The maximum absolute atomic E-state index is 13.6. The van der Waals surface area contributed by atoms with Crippen LogP contribution in [0.25, 0.3) is 0 Å². The Morgan fingerprint density at radius 2 is 2.04 bits per heavy atom. The lowest BCUT2D eigenvalue weighted by atomic mass is 10.0. The number of nitrogens with one attached hydrogen (secondary N) is 1. The monoisotopic (exact) mass is 390 g/mol. The molecule has 1 aromatic heterocycles. The second-order valence-electron chi connectivity index (χ2n) is 7.47. The molecule has 0 aliphatic carbocycles. The molecule has 1 aromatic rings.